The van der Waals surface area contributed by atoms with Crippen molar-refractivity contribution in [3.63, 3.8) is 0 Å². The molecule has 0 aromatic heterocycles. The zero-order valence-electron chi connectivity index (χ0n) is 9.68. The van der Waals surface area contributed by atoms with Gasteiger partial charge in [0.15, 0.2) is 10.8 Å². The van der Waals surface area contributed by atoms with E-state index in [1.807, 2.05) is 12.1 Å². The number of fused-ring (bicyclic) bond motifs is 3. The van der Waals surface area contributed by atoms with E-state index >= 15 is 0 Å². The van der Waals surface area contributed by atoms with Gasteiger partial charge in [0.2, 0.25) is 5.39 Å². The lowest BCUT2D eigenvalue weighted by Crippen LogP contribution is -1.95. The topological polar surface area (TPSA) is 54.5 Å². The number of ketones is 1. The summed E-state index contributed by atoms with van der Waals surface area (Å²) in [6, 6.07) is 10.5. The lowest BCUT2D eigenvalue weighted by molar-refractivity contribution is 0.104. The smallest absolute Gasteiger partial charge is 0.385 e. The summed E-state index contributed by atoms with van der Waals surface area (Å²) in [6.07, 6.45) is 0. The van der Waals surface area contributed by atoms with Gasteiger partial charge in [-0.2, -0.15) is 0 Å². The van der Waals surface area contributed by atoms with Crippen molar-refractivity contribution in [1.29, 1.82) is 5.39 Å². The summed E-state index contributed by atoms with van der Waals surface area (Å²) in [5.41, 5.74) is 3.32. The van der Waals surface area contributed by atoms with Crippen molar-refractivity contribution in [1.82, 2.24) is 0 Å². The van der Waals surface area contributed by atoms with Crippen molar-refractivity contribution in [2.75, 3.05) is 7.11 Å². The minimum Gasteiger partial charge on any atom is -0.497 e. The molecule has 0 radical (unpaired) electrons. The van der Waals surface area contributed by atoms with E-state index in [0.717, 1.165) is 11.1 Å². The summed E-state index contributed by atoms with van der Waals surface area (Å²) in [5, 5.41) is 8.75. The Bertz CT molecular complexity index is 714. The Morgan fingerprint density at radius 1 is 1.00 bits per heavy atom. The summed E-state index contributed by atoms with van der Waals surface area (Å²) in [4.78, 5) is 15.3. The van der Waals surface area contributed by atoms with Gasteiger partial charge in [0.05, 0.1) is 7.11 Å². The molecule has 2 aromatic rings. The molecule has 2 aromatic carbocycles. The van der Waals surface area contributed by atoms with Crippen LogP contribution in [-0.4, -0.2) is 12.9 Å². The fourth-order valence-electron chi connectivity index (χ4n) is 2.24. The fourth-order valence-corrected chi connectivity index (χ4v) is 2.24. The number of carbonyl (C=O) groups excluding carboxylic acids is 1. The third kappa shape index (κ3) is 1.31. The Hall–Kier alpha value is -2.67. The Balaban J connectivity index is 2.25. The molecule has 1 aliphatic rings. The minimum atomic E-state index is -0.0654. The molecule has 4 nitrogen and oxygen atoms in total. The number of hydrogen-bond acceptors (Lipinski definition) is 3. The Morgan fingerprint density at radius 3 is 2.33 bits per heavy atom. The third-order valence-electron chi connectivity index (χ3n) is 3.12. The van der Waals surface area contributed by atoms with Gasteiger partial charge in [-0.05, 0) is 35.4 Å². The van der Waals surface area contributed by atoms with Crippen LogP contribution in [0.2, 0.25) is 0 Å². The van der Waals surface area contributed by atoms with Gasteiger partial charge in [0.25, 0.3) is 0 Å². The summed E-state index contributed by atoms with van der Waals surface area (Å²) in [7, 11) is 1.57. The number of benzene rings is 2. The predicted octanol–water partition coefficient (Wildman–Crippen LogP) is 3.39. The van der Waals surface area contributed by atoms with Crippen LogP contribution in [0.15, 0.2) is 36.4 Å². The minimum absolute atomic E-state index is 0.0654. The molecule has 0 unspecified atom stereocenters. The standard InChI is InChI=1S/C14H9N2O2/c1-18-9-3-5-11-10-4-2-8(16-15)6-12(10)14(17)13(11)7-9/h2-7H,1H3/q+1. The second-order valence-corrected chi connectivity index (χ2v) is 4.07. The van der Waals surface area contributed by atoms with E-state index in [0.29, 0.717) is 22.6 Å². The maximum absolute atomic E-state index is 12.2. The van der Waals surface area contributed by atoms with Gasteiger partial charge >= 0.3 is 5.69 Å². The fraction of sp³-hybridized carbons (Fsp3) is 0.0714. The first-order valence-corrected chi connectivity index (χ1v) is 5.47. The highest BCUT2D eigenvalue weighted by atomic mass is 16.5. The summed E-state index contributed by atoms with van der Waals surface area (Å²) < 4.78 is 5.12. The molecular weight excluding hydrogens is 228 g/mol. The molecule has 0 saturated heterocycles. The van der Waals surface area contributed by atoms with Gasteiger partial charge in [-0.1, -0.05) is 0 Å². The van der Waals surface area contributed by atoms with E-state index < -0.39 is 0 Å². The van der Waals surface area contributed by atoms with Gasteiger partial charge in [-0.3, -0.25) is 4.79 Å². The number of rotatable bonds is 1. The summed E-state index contributed by atoms with van der Waals surface area (Å²) in [6.45, 7) is 0. The van der Waals surface area contributed by atoms with Gasteiger partial charge in [0.1, 0.15) is 5.75 Å². The molecule has 0 fully saturated rings. The van der Waals surface area contributed by atoms with Crippen LogP contribution in [0, 0.1) is 5.39 Å². The molecular formula is C14H9N2O2+. The largest absolute Gasteiger partial charge is 0.497 e. The van der Waals surface area contributed by atoms with Gasteiger partial charge in [0, 0.05) is 23.3 Å². The first-order chi connectivity index (χ1) is 8.74. The average Bonchev–Trinajstić information content (AvgIpc) is 2.71. The number of hydrogen-bond donors (Lipinski definition) is 0. The predicted molar refractivity (Wildman–Crippen MR) is 66.6 cm³/mol. The van der Waals surface area contributed by atoms with E-state index in [1.54, 1.807) is 31.4 Å². The maximum Gasteiger partial charge on any atom is 0.385 e. The molecule has 3 rings (SSSR count). The van der Waals surface area contributed by atoms with E-state index in [9.17, 15) is 4.79 Å². The molecule has 4 heteroatoms. The first kappa shape index (κ1) is 10.5. The van der Waals surface area contributed by atoms with Crippen LogP contribution in [0.1, 0.15) is 15.9 Å². The average molecular weight is 237 g/mol. The highest BCUT2D eigenvalue weighted by Gasteiger charge is 2.28. The number of carbonyl (C=O) groups is 1. The molecule has 0 aliphatic heterocycles. The van der Waals surface area contributed by atoms with Gasteiger partial charge in [-0.15, -0.1) is 0 Å². The summed E-state index contributed by atoms with van der Waals surface area (Å²) in [5.74, 6) is 0.589. The SMILES string of the molecule is COc1ccc2c(c1)C(=O)c1cc([N+]#N)ccc1-2. The zero-order valence-corrected chi connectivity index (χ0v) is 9.68. The lowest BCUT2D eigenvalue weighted by atomic mass is 10.1. The van der Waals surface area contributed by atoms with Crippen molar-refractivity contribution in [3.05, 3.63) is 52.5 Å². The quantitative estimate of drug-likeness (QED) is 0.609. The molecule has 0 saturated carbocycles. The lowest BCUT2D eigenvalue weighted by Gasteiger charge is -2.02. The Kier molecular flexibility index (Phi) is 2.14. The van der Waals surface area contributed by atoms with Crippen molar-refractivity contribution < 1.29 is 9.53 Å². The molecule has 0 atom stereocenters. The van der Waals surface area contributed by atoms with Crippen molar-refractivity contribution in [3.8, 4) is 16.9 Å². The van der Waals surface area contributed by atoms with E-state index in [-0.39, 0.29) is 5.78 Å². The van der Waals surface area contributed by atoms with Crippen molar-refractivity contribution in [2.45, 2.75) is 0 Å². The highest BCUT2D eigenvalue weighted by molar-refractivity contribution is 6.22. The molecule has 0 amide bonds. The molecule has 0 heterocycles. The molecule has 18 heavy (non-hydrogen) atoms. The zero-order chi connectivity index (χ0) is 12.7. The van der Waals surface area contributed by atoms with Crippen LogP contribution < -0.4 is 4.74 Å². The number of nitrogens with zero attached hydrogens (tertiary/aromatic N) is 2. The number of diazo groups is 1. The van der Waals surface area contributed by atoms with E-state index in [2.05, 4.69) is 4.98 Å². The van der Waals surface area contributed by atoms with Crippen LogP contribution in [0.5, 0.6) is 5.75 Å². The summed E-state index contributed by atoms with van der Waals surface area (Å²) >= 11 is 0. The van der Waals surface area contributed by atoms with Crippen LogP contribution in [0.3, 0.4) is 0 Å². The molecule has 0 N–H and O–H groups in total. The van der Waals surface area contributed by atoms with Crippen LogP contribution >= 0.6 is 0 Å². The maximum atomic E-state index is 12.2. The third-order valence-corrected chi connectivity index (χ3v) is 3.12. The highest BCUT2D eigenvalue weighted by Crippen LogP contribution is 2.39. The molecule has 0 spiro atoms. The van der Waals surface area contributed by atoms with Gasteiger partial charge in [-0.25, -0.2) is 0 Å². The number of methoxy groups -OCH3 is 1. The van der Waals surface area contributed by atoms with E-state index in [1.165, 1.54) is 0 Å². The molecule has 0 bridgehead atoms. The number of ether oxygens (including phenoxy) is 1. The van der Waals surface area contributed by atoms with Crippen LogP contribution in [0.4, 0.5) is 5.69 Å². The Morgan fingerprint density at radius 2 is 1.67 bits per heavy atom. The monoisotopic (exact) mass is 237 g/mol. The van der Waals surface area contributed by atoms with Gasteiger partial charge < -0.3 is 4.74 Å². The second-order valence-electron chi connectivity index (χ2n) is 4.07. The Labute approximate surface area is 103 Å². The normalized spacial score (nSPS) is 11.7. The van der Waals surface area contributed by atoms with Crippen LogP contribution in [0.25, 0.3) is 16.1 Å². The molecule has 1 aliphatic carbocycles. The first-order valence-electron chi connectivity index (χ1n) is 5.47. The molecule has 86 valence electrons. The van der Waals surface area contributed by atoms with Crippen LogP contribution in [-0.2, 0) is 0 Å². The van der Waals surface area contributed by atoms with Crippen molar-refractivity contribution in [2.24, 2.45) is 0 Å². The van der Waals surface area contributed by atoms with Crippen molar-refractivity contribution >= 4 is 11.5 Å². The second kappa shape index (κ2) is 3.67. The van der Waals surface area contributed by atoms with E-state index in [4.69, 9.17) is 10.1 Å².